The molecule has 0 aromatic heterocycles. The summed E-state index contributed by atoms with van der Waals surface area (Å²) in [4.78, 5) is 45.5. The Bertz CT molecular complexity index is 1180. The topological polar surface area (TPSA) is 198 Å². The molecule has 2 aromatic rings. The molecule has 0 aliphatic carbocycles. The van der Waals surface area contributed by atoms with Gasteiger partial charge in [0.25, 0.3) is 0 Å². The minimum atomic E-state index is -1.22. The number of nitrogens with two attached hydrogens (primary N) is 1. The standard InChI is InChI=1S/C19H28N2O6.C10H13NO3.ClH/c1-19(2,3)27-18(26)20-11-6-4-5-10-15(22)21-12-13-8-7-9-14(16(13)23)17(24)25;1-2-14-10(13)8-4-3-7(6-11)5-9(8)12;/h7-9,23H,4-6,10-12H2,1-3H3,(H,20,26)(H,21,22)(H,24,25);3-5,12H,2,6,11H2,1H3;1H. The highest BCUT2D eigenvalue weighted by molar-refractivity contribution is 5.92. The smallest absolute Gasteiger partial charge is 0.407 e. The first-order valence-electron chi connectivity index (χ1n) is 13.3. The molecule has 0 fully saturated rings. The van der Waals surface area contributed by atoms with Crippen molar-refractivity contribution in [2.45, 2.75) is 72.1 Å². The predicted molar refractivity (Wildman–Crippen MR) is 159 cm³/mol. The number of hydrogen-bond donors (Lipinski definition) is 6. The Morgan fingerprint density at radius 2 is 1.64 bits per heavy atom. The number of amides is 2. The highest BCUT2D eigenvalue weighted by Gasteiger charge is 2.16. The van der Waals surface area contributed by atoms with E-state index in [1.165, 1.54) is 24.3 Å². The van der Waals surface area contributed by atoms with Crippen LogP contribution < -0.4 is 16.4 Å². The van der Waals surface area contributed by atoms with Crippen LogP contribution in [0.5, 0.6) is 11.5 Å². The lowest BCUT2D eigenvalue weighted by Gasteiger charge is -2.19. The Morgan fingerprint density at radius 1 is 0.952 bits per heavy atom. The van der Waals surface area contributed by atoms with E-state index in [2.05, 4.69) is 10.6 Å². The van der Waals surface area contributed by atoms with Crippen molar-refractivity contribution in [3.05, 3.63) is 58.7 Å². The van der Waals surface area contributed by atoms with E-state index in [4.69, 9.17) is 20.3 Å². The van der Waals surface area contributed by atoms with E-state index in [9.17, 15) is 29.4 Å². The summed E-state index contributed by atoms with van der Waals surface area (Å²) in [5.74, 6) is -2.35. The number of phenols is 2. The van der Waals surface area contributed by atoms with Gasteiger partial charge in [-0.25, -0.2) is 14.4 Å². The number of carboxylic acids is 1. The van der Waals surface area contributed by atoms with Crippen LogP contribution >= 0.6 is 12.4 Å². The molecule has 0 saturated carbocycles. The van der Waals surface area contributed by atoms with Crippen molar-refractivity contribution in [3.8, 4) is 11.5 Å². The number of carboxylic acid groups (broad SMARTS) is 1. The van der Waals surface area contributed by atoms with E-state index in [0.717, 1.165) is 18.4 Å². The van der Waals surface area contributed by atoms with Crippen LogP contribution in [0.2, 0.25) is 0 Å². The van der Waals surface area contributed by atoms with Crippen LogP contribution in [0.1, 0.15) is 85.2 Å². The molecular formula is C29H42ClN3O9. The molecule has 0 unspecified atom stereocenters. The van der Waals surface area contributed by atoms with Crippen molar-refractivity contribution >= 4 is 36.3 Å². The maximum atomic E-state index is 11.8. The van der Waals surface area contributed by atoms with E-state index >= 15 is 0 Å². The summed E-state index contributed by atoms with van der Waals surface area (Å²) in [6.07, 6.45) is 2.01. The third-order valence-corrected chi connectivity index (χ3v) is 5.37. The molecule has 0 spiro atoms. The van der Waals surface area contributed by atoms with Gasteiger partial charge in [-0.3, -0.25) is 4.79 Å². The number of esters is 1. The Hall–Kier alpha value is -4.03. The fraction of sp³-hybridized carbons (Fsp3) is 0.448. The number of carbonyl (C=O) groups excluding carboxylic acids is 3. The van der Waals surface area contributed by atoms with Gasteiger partial charge in [0.2, 0.25) is 5.91 Å². The Labute approximate surface area is 252 Å². The number of halogens is 1. The van der Waals surface area contributed by atoms with Gasteiger partial charge >= 0.3 is 18.0 Å². The zero-order chi connectivity index (χ0) is 31.0. The molecule has 234 valence electrons. The molecule has 42 heavy (non-hydrogen) atoms. The van der Waals surface area contributed by atoms with Crippen LogP contribution in [-0.2, 0) is 27.4 Å². The molecule has 0 saturated heterocycles. The first-order valence-corrected chi connectivity index (χ1v) is 13.3. The van der Waals surface area contributed by atoms with Crippen LogP contribution in [0, 0.1) is 0 Å². The van der Waals surface area contributed by atoms with Crippen LogP contribution in [-0.4, -0.2) is 58.0 Å². The number of carbonyl (C=O) groups is 4. The van der Waals surface area contributed by atoms with E-state index in [0.29, 0.717) is 31.5 Å². The van der Waals surface area contributed by atoms with Gasteiger partial charge in [0.05, 0.1) is 6.61 Å². The molecule has 0 aliphatic rings. The van der Waals surface area contributed by atoms with Crippen molar-refractivity contribution in [2.24, 2.45) is 5.73 Å². The molecule has 2 amide bonds. The molecule has 7 N–H and O–H groups in total. The molecule has 0 bridgehead atoms. The number of phenolic OH excluding ortho intramolecular Hbond substituents is 1. The van der Waals surface area contributed by atoms with Gasteiger partial charge in [-0.15, -0.1) is 12.4 Å². The zero-order valence-corrected chi connectivity index (χ0v) is 25.2. The highest BCUT2D eigenvalue weighted by atomic mass is 35.5. The summed E-state index contributed by atoms with van der Waals surface area (Å²) in [6, 6.07) is 9.04. The first kappa shape index (κ1) is 38.0. The summed E-state index contributed by atoms with van der Waals surface area (Å²) in [6.45, 7) is 8.25. The van der Waals surface area contributed by atoms with Gasteiger partial charge < -0.3 is 41.2 Å². The lowest BCUT2D eigenvalue weighted by Crippen LogP contribution is -2.33. The van der Waals surface area contributed by atoms with Gasteiger partial charge in [-0.05, 0) is 64.3 Å². The molecule has 13 heteroatoms. The quantitative estimate of drug-likeness (QED) is 0.149. The number of hydrogen-bond acceptors (Lipinski definition) is 9. The minimum absolute atomic E-state index is 0. The number of nitrogens with one attached hydrogen (secondary N) is 2. The maximum absolute atomic E-state index is 11.8. The third-order valence-electron chi connectivity index (χ3n) is 5.37. The Balaban J connectivity index is 0.000000943. The fourth-order valence-electron chi connectivity index (χ4n) is 3.37. The second-order valence-electron chi connectivity index (χ2n) is 9.91. The summed E-state index contributed by atoms with van der Waals surface area (Å²) < 4.78 is 9.87. The maximum Gasteiger partial charge on any atom is 0.407 e. The molecular weight excluding hydrogens is 570 g/mol. The Kier molecular flexibility index (Phi) is 17.3. The third kappa shape index (κ3) is 14.6. The molecule has 0 radical (unpaired) electrons. The van der Waals surface area contributed by atoms with Crippen LogP contribution in [0.4, 0.5) is 4.79 Å². The normalized spacial score (nSPS) is 10.3. The van der Waals surface area contributed by atoms with Crippen molar-refractivity contribution in [3.63, 3.8) is 0 Å². The SMILES string of the molecule is CC(C)(C)OC(=O)NCCCCCC(=O)NCc1cccc(C(=O)O)c1O.CCOC(=O)c1ccc(CN)cc1O.Cl. The molecule has 0 heterocycles. The number of unbranched alkanes of at least 4 members (excludes halogenated alkanes) is 2. The summed E-state index contributed by atoms with van der Waals surface area (Å²) >= 11 is 0. The average Bonchev–Trinajstić information content (AvgIpc) is 2.89. The monoisotopic (exact) mass is 611 g/mol. The number of alkyl carbamates (subject to hydrolysis) is 1. The molecule has 12 nitrogen and oxygen atoms in total. The van der Waals surface area contributed by atoms with Crippen LogP contribution in [0.25, 0.3) is 0 Å². The highest BCUT2D eigenvalue weighted by Crippen LogP contribution is 2.22. The number of ether oxygens (including phenoxy) is 2. The first-order chi connectivity index (χ1) is 19.3. The zero-order valence-electron chi connectivity index (χ0n) is 24.4. The van der Waals surface area contributed by atoms with Crippen molar-refractivity contribution in [2.75, 3.05) is 13.2 Å². The lowest BCUT2D eigenvalue weighted by atomic mass is 10.1. The Morgan fingerprint density at radius 3 is 2.21 bits per heavy atom. The van der Waals surface area contributed by atoms with Crippen molar-refractivity contribution in [1.82, 2.24) is 10.6 Å². The largest absolute Gasteiger partial charge is 0.507 e. The van der Waals surface area contributed by atoms with Crippen molar-refractivity contribution in [1.29, 1.82) is 0 Å². The number of aromatic hydroxyl groups is 2. The van der Waals surface area contributed by atoms with E-state index < -0.39 is 23.6 Å². The van der Waals surface area contributed by atoms with E-state index in [1.807, 2.05) is 0 Å². The summed E-state index contributed by atoms with van der Waals surface area (Å²) in [7, 11) is 0. The molecule has 2 rings (SSSR count). The number of para-hydroxylation sites is 1. The van der Waals surface area contributed by atoms with Gasteiger partial charge in [-0.2, -0.15) is 0 Å². The predicted octanol–water partition coefficient (Wildman–Crippen LogP) is 4.24. The van der Waals surface area contributed by atoms with Gasteiger partial charge in [-0.1, -0.05) is 24.6 Å². The van der Waals surface area contributed by atoms with Gasteiger partial charge in [0, 0.05) is 31.6 Å². The van der Waals surface area contributed by atoms with Crippen LogP contribution in [0.3, 0.4) is 0 Å². The van der Waals surface area contributed by atoms with Gasteiger partial charge in [0.15, 0.2) is 0 Å². The second kappa shape index (κ2) is 19.2. The van der Waals surface area contributed by atoms with Crippen LogP contribution in [0.15, 0.2) is 36.4 Å². The molecule has 2 aromatic carbocycles. The van der Waals surface area contributed by atoms with Gasteiger partial charge in [0.1, 0.15) is 28.2 Å². The molecule has 0 aliphatic heterocycles. The fourth-order valence-corrected chi connectivity index (χ4v) is 3.37. The lowest BCUT2D eigenvalue weighted by molar-refractivity contribution is -0.121. The van der Waals surface area contributed by atoms with E-state index in [-0.39, 0.29) is 54.1 Å². The number of rotatable bonds is 12. The number of aromatic carboxylic acids is 1. The van der Waals surface area contributed by atoms with E-state index in [1.54, 1.807) is 39.8 Å². The summed E-state index contributed by atoms with van der Waals surface area (Å²) in [5.41, 5.74) is 5.95. The minimum Gasteiger partial charge on any atom is -0.507 e. The second-order valence-corrected chi connectivity index (χ2v) is 9.91. The summed E-state index contributed by atoms with van der Waals surface area (Å²) in [5, 5.41) is 33.6. The average molecular weight is 612 g/mol. The number of benzene rings is 2. The van der Waals surface area contributed by atoms with Crippen molar-refractivity contribution < 1.29 is 44.0 Å². The molecule has 0 atom stereocenters.